The summed E-state index contributed by atoms with van der Waals surface area (Å²) >= 11 is 5.43. The average Bonchev–Trinajstić information content (AvgIpc) is 2.74. The largest absolute Gasteiger partial charge is 0.317 e. The van der Waals surface area contributed by atoms with Gasteiger partial charge in [-0.2, -0.15) is 0 Å². The van der Waals surface area contributed by atoms with Crippen LogP contribution < -0.4 is 4.90 Å². The molecule has 0 spiro atoms. The number of carbonyl (C=O) groups excluding carboxylic acids is 1. The molecule has 3 rings (SSSR count). The molecule has 1 aliphatic heterocycles. The monoisotopic (exact) mass is 308 g/mol. The number of rotatable bonds is 2. The van der Waals surface area contributed by atoms with E-state index < -0.39 is 0 Å². The van der Waals surface area contributed by atoms with E-state index in [2.05, 4.69) is 0 Å². The summed E-state index contributed by atoms with van der Waals surface area (Å²) in [4.78, 5) is 16.0. The summed E-state index contributed by atoms with van der Waals surface area (Å²) in [6, 6.07) is 17.5. The van der Waals surface area contributed by atoms with Crippen molar-refractivity contribution >= 4 is 35.0 Å². The lowest BCUT2D eigenvalue weighted by molar-refractivity contribution is -0.114. The molecule has 0 aromatic heterocycles. The Hall–Kier alpha value is -2.46. The Bertz CT molecular complexity index is 750. The Morgan fingerprint density at radius 3 is 2.27 bits per heavy atom. The van der Waals surface area contributed by atoms with Crippen LogP contribution in [0, 0.1) is 6.92 Å². The summed E-state index contributed by atoms with van der Waals surface area (Å²) < 4.78 is 0. The molecule has 110 valence electrons. The Balaban J connectivity index is 1.99. The first kappa shape index (κ1) is 14.5. The van der Waals surface area contributed by atoms with Gasteiger partial charge < -0.3 is 4.90 Å². The van der Waals surface area contributed by atoms with Crippen LogP contribution in [-0.2, 0) is 4.79 Å². The lowest BCUT2D eigenvalue weighted by Crippen LogP contribution is -2.30. The minimum Gasteiger partial charge on any atom is -0.317 e. The fraction of sp³-hybridized carbons (Fsp3) is 0.111. The van der Waals surface area contributed by atoms with E-state index in [9.17, 15) is 4.79 Å². The molecule has 2 aromatic carbocycles. The first-order chi connectivity index (χ1) is 10.6. The molecule has 1 fully saturated rings. The van der Waals surface area contributed by atoms with Crippen LogP contribution in [0.1, 0.15) is 11.1 Å². The number of anilines is 1. The van der Waals surface area contributed by atoms with Gasteiger partial charge in [-0.05, 0) is 42.9 Å². The zero-order chi connectivity index (χ0) is 15.7. The van der Waals surface area contributed by atoms with E-state index in [4.69, 9.17) is 12.2 Å². The molecule has 1 amide bonds. The third-order valence-corrected chi connectivity index (χ3v) is 4.11. The van der Waals surface area contributed by atoms with Crippen molar-refractivity contribution in [3.8, 4) is 0 Å². The SMILES string of the molecule is Cc1ccc(/C=C2/C(=O)N(c3ccccc3)C(=S)N2C)cc1. The highest BCUT2D eigenvalue weighted by Gasteiger charge is 2.36. The fourth-order valence-electron chi connectivity index (χ4n) is 2.38. The van der Waals surface area contributed by atoms with Crippen molar-refractivity contribution < 1.29 is 4.79 Å². The van der Waals surface area contributed by atoms with Gasteiger partial charge >= 0.3 is 0 Å². The summed E-state index contributed by atoms with van der Waals surface area (Å²) in [6.45, 7) is 2.04. The number of benzene rings is 2. The third-order valence-electron chi connectivity index (χ3n) is 3.66. The van der Waals surface area contributed by atoms with Crippen LogP contribution in [0.4, 0.5) is 5.69 Å². The van der Waals surface area contributed by atoms with Crippen molar-refractivity contribution in [1.29, 1.82) is 0 Å². The molecule has 1 heterocycles. The molecular weight excluding hydrogens is 292 g/mol. The van der Waals surface area contributed by atoms with Crippen LogP contribution in [0.3, 0.4) is 0 Å². The van der Waals surface area contributed by atoms with Gasteiger partial charge in [0.1, 0.15) is 5.70 Å². The topological polar surface area (TPSA) is 23.6 Å². The van der Waals surface area contributed by atoms with Crippen molar-refractivity contribution in [2.75, 3.05) is 11.9 Å². The second-order valence-electron chi connectivity index (χ2n) is 5.26. The number of nitrogens with zero attached hydrogens (tertiary/aromatic N) is 2. The summed E-state index contributed by atoms with van der Waals surface area (Å²) in [6.07, 6.45) is 1.87. The van der Waals surface area contributed by atoms with Crippen LogP contribution in [-0.4, -0.2) is 23.0 Å². The number of likely N-dealkylation sites (N-methyl/N-ethyl adjacent to an activating group) is 1. The van der Waals surface area contributed by atoms with Crippen molar-refractivity contribution in [3.05, 3.63) is 71.4 Å². The van der Waals surface area contributed by atoms with Gasteiger partial charge in [0.05, 0.1) is 5.69 Å². The van der Waals surface area contributed by atoms with Crippen molar-refractivity contribution in [3.63, 3.8) is 0 Å². The Morgan fingerprint density at radius 1 is 1.00 bits per heavy atom. The molecule has 4 heteroatoms. The molecule has 22 heavy (non-hydrogen) atoms. The standard InChI is InChI=1S/C18H16N2OS/c1-13-8-10-14(11-9-13)12-16-17(21)20(18(22)19(16)2)15-6-4-3-5-7-15/h3-12H,1-2H3/b16-12-. The number of thiocarbonyl (C=S) groups is 1. The van der Waals surface area contributed by atoms with Crippen molar-refractivity contribution in [1.82, 2.24) is 4.90 Å². The van der Waals surface area contributed by atoms with Gasteiger partial charge in [0.15, 0.2) is 5.11 Å². The smallest absolute Gasteiger partial charge is 0.281 e. The van der Waals surface area contributed by atoms with Gasteiger partial charge in [-0.1, -0.05) is 48.0 Å². The predicted molar refractivity (Wildman–Crippen MR) is 93.4 cm³/mol. The molecular formula is C18H16N2OS. The minimum absolute atomic E-state index is 0.0979. The lowest BCUT2D eigenvalue weighted by Gasteiger charge is -2.16. The lowest BCUT2D eigenvalue weighted by atomic mass is 10.1. The fourth-order valence-corrected chi connectivity index (χ4v) is 2.67. The second kappa shape index (κ2) is 5.73. The number of hydrogen-bond acceptors (Lipinski definition) is 2. The van der Waals surface area contributed by atoms with Crippen LogP contribution in [0.25, 0.3) is 6.08 Å². The van der Waals surface area contributed by atoms with Crippen molar-refractivity contribution in [2.24, 2.45) is 0 Å². The summed E-state index contributed by atoms with van der Waals surface area (Å²) in [5, 5.41) is 0.495. The molecule has 1 aliphatic rings. The van der Waals surface area contributed by atoms with E-state index >= 15 is 0 Å². The first-order valence-corrected chi connectivity index (χ1v) is 7.44. The summed E-state index contributed by atoms with van der Waals surface area (Å²) in [5.41, 5.74) is 3.54. The molecule has 3 nitrogen and oxygen atoms in total. The second-order valence-corrected chi connectivity index (χ2v) is 5.62. The minimum atomic E-state index is -0.0979. The number of para-hydroxylation sites is 1. The molecule has 0 aliphatic carbocycles. The van der Waals surface area contributed by atoms with Crippen LogP contribution in [0.15, 0.2) is 60.3 Å². The predicted octanol–water partition coefficient (Wildman–Crippen LogP) is 3.60. The average molecular weight is 308 g/mol. The van der Waals surface area contributed by atoms with Gasteiger partial charge in [0, 0.05) is 7.05 Å². The Kier molecular flexibility index (Phi) is 3.77. The molecule has 0 bridgehead atoms. The van der Waals surface area contributed by atoms with Crippen molar-refractivity contribution in [2.45, 2.75) is 6.92 Å². The van der Waals surface area contributed by atoms with Gasteiger partial charge in [-0.3, -0.25) is 9.69 Å². The van der Waals surface area contributed by atoms with Gasteiger partial charge in [0.25, 0.3) is 5.91 Å². The van der Waals surface area contributed by atoms with Gasteiger partial charge in [0.2, 0.25) is 0 Å². The van der Waals surface area contributed by atoms with E-state index in [1.54, 1.807) is 9.80 Å². The molecule has 1 saturated heterocycles. The maximum Gasteiger partial charge on any atom is 0.281 e. The molecule has 0 atom stereocenters. The van der Waals surface area contributed by atoms with Crippen LogP contribution >= 0.6 is 12.2 Å². The maximum atomic E-state index is 12.7. The highest BCUT2D eigenvalue weighted by Crippen LogP contribution is 2.27. The van der Waals surface area contributed by atoms with Crippen LogP contribution in [0.5, 0.6) is 0 Å². The molecule has 0 radical (unpaired) electrons. The van der Waals surface area contributed by atoms with E-state index in [1.807, 2.05) is 74.6 Å². The first-order valence-electron chi connectivity index (χ1n) is 7.03. The third kappa shape index (κ3) is 2.53. The highest BCUT2D eigenvalue weighted by molar-refractivity contribution is 7.80. The van der Waals surface area contributed by atoms with Gasteiger partial charge in [-0.25, -0.2) is 0 Å². The van der Waals surface area contributed by atoms with E-state index in [0.717, 1.165) is 11.3 Å². The Morgan fingerprint density at radius 2 is 1.64 bits per heavy atom. The molecule has 2 aromatic rings. The normalized spacial score (nSPS) is 16.7. The number of carbonyl (C=O) groups is 1. The zero-order valence-electron chi connectivity index (χ0n) is 12.5. The summed E-state index contributed by atoms with van der Waals surface area (Å²) in [5.74, 6) is -0.0979. The molecule has 0 saturated carbocycles. The molecule has 0 N–H and O–H groups in total. The Labute approximate surface area is 135 Å². The number of amides is 1. The number of aryl methyl sites for hydroxylation is 1. The van der Waals surface area contributed by atoms with Gasteiger partial charge in [-0.15, -0.1) is 0 Å². The molecule has 0 unspecified atom stereocenters. The highest BCUT2D eigenvalue weighted by atomic mass is 32.1. The maximum absolute atomic E-state index is 12.7. The van der Waals surface area contributed by atoms with E-state index in [0.29, 0.717) is 10.8 Å². The van der Waals surface area contributed by atoms with E-state index in [-0.39, 0.29) is 5.91 Å². The number of hydrogen-bond donors (Lipinski definition) is 0. The van der Waals surface area contributed by atoms with E-state index in [1.165, 1.54) is 5.56 Å². The van der Waals surface area contributed by atoms with Crippen LogP contribution in [0.2, 0.25) is 0 Å². The zero-order valence-corrected chi connectivity index (χ0v) is 13.3. The quantitative estimate of drug-likeness (QED) is 0.625. The summed E-state index contributed by atoms with van der Waals surface area (Å²) in [7, 11) is 1.82.